The largest absolute Gasteiger partial charge is 0.497 e. The van der Waals surface area contributed by atoms with Gasteiger partial charge in [0.25, 0.3) is 0 Å². The lowest BCUT2D eigenvalue weighted by Crippen LogP contribution is -2.23. The second-order valence-corrected chi connectivity index (χ2v) is 4.59. The predicted molar refractivity (Wildman–Crippen MR) is 80.9 cm³/mol. The summed E-state index contributed by atoms with van der Waals surface area (Å²) in [5.74, 6) is -0.377. The van der Waals surface area contributed by atoms with Crippen LogP contribution in [0.3, 0.4) is 0 Å². The monoisotopic (exact) mass is 280 g/mol. The van der Waals surface area contributed by atoms with Crippen molar-refractivity contribution < 1.29 is 9.53 Å². The zero-order valence-electron chi connectivity index (χ0n) is 11.7. The summed E-state index contributed by atoms with van der Waals surface area (Å²) in [6, 6.07) is 18.6. The number of methoxy groups -OCH3 is 1. The van der Waals surface area contributed by atoms with E-state index in [1.807, 2.05) is 30.3 Å². The smallest absolute Gasteiger partial charge is 0.242 e. The first-order chi connectivity index (χ1) is 10.2. The maximum Gasteiger partial charge on any atom is 0.242 e. The lowest BCUT2D eigenvalue weighted by molar-refractivity contribution is -0.118. The van der Waals surface area contributed by atoms with Gasteiger partial charge < -0.3 is 10.1 Å². The molecule has 0 spiro atoms. The number of benzene rings is 2. The average Bonchev–Trinajstić information content (AvgIpc) is 2.53. The SMILES string of the molecule is COc1cccc(NC(=O)C(C#N)Cc2ccccc2)c1. The molecule has 4 heteroatoms. The average molecular weight is 280 g/mol. The fraction of sp³-hybridized carbons (Fsp3) is 0.176. The van der Waals surface area contributed by atoms with E-state index < -0.39 is 5.92 Å². The Labute approximate surface area is 124 Å². The van der Waals surface area contributed by atoms with Gasteiger partial charge in [0.05, 0.1) is 13.2 Å². The number of carbonyl (C=O) groups is 1. The summed E-state index contributed by atoms with van der Waals surface area (Å²) >= 11 is 0. The molecule has 2 aromatic rings. The molecular weight excluding hydrogens is 264 g/mol. The van der Waals surface area contributed by atoms with Gasteiger partial charge >= 0.3 is 0 Å². The Kier molecular flexibility index (Phi) is 4.94. The van der Waals surface area contributed by atoms with Crippen LogP contribution in [-0.2, 0) is 11.2 Å². The fourth-order valence-corrected chi connectivity index (χ4v) is 1.98. The van der Waals surface area contributed by atoms with Crippen molar-refractivity contribution in [3.63, 3.8) is 0 Å². The Hall–Kier alpha value is -2.80. The zero-order valence-corrected chi connectivity index (χ0v) is 11.7. The molecule has 2 aromatic carbocycles. The van der Waals surface area contributed by atoms with Gasteiger partial charge in [-0.25, -0.2) is 0 Å². The third kappa shape index (κ3) is 4.08. The third-order valence-electron chi connectivity index (χ3n) is 3.09. The lowest BCUT2D eigenvalue weighted by Gasteiger charge is -2.11. The van der Waals surface area contributed by atoms with Crippen LogP contribution < -0.4 is 10.1 Å². The summed E-state index contributed by atoms with van der Waals surface area (Å²) in [4.78, 5) is 12.2. The molecule has 0 radical (unpaired) electrons. The van der Waals surface area contributed by atoms with Crippen molar-refractivity contribution in [2.45, 2.75) is 6.42 Å². The van der Waals surface area contributed by atoms with Gasteiger partial charge in [-0.15, -0.1) is 0 Å². The van der Waals surface area contributed by atoms with Gasteiger partial charge in [-0.3, -0.25) is 4.79 Å². The first-order valence-corrected chi connectivity index (χ1v) is 6.61. The van der Waals surface area contributed by atoms with Crippen molar-refractivity contribution in [1.29, 1.82) is 5.26 Å². The number of hydrogen-bond donors (Lipinski definition) is 1. The second kappa shape index (κ2) is 7.11. The normalized spacial score (nSPS) is 11.2. The number of ether oxygens (including phenoxy) is 1. The molecule has 1 unspecified atom stereocenters. The Morgan fingerprint density at radius 2 is 2.00 bits per heavy atom. The van der Waals surface area contributed by atoms with Crippen LogP contribution in [0.2, 0.25) is 0 Å². The van der Waals surface area contributed by atoms with E-state index in [1.54, 1.807) is 31.4 Å². The maximum absolute atomic E-state index is 12.2. The highest BCUT2D eigenvalue weighted by molar-refractivity contribution is 5.94. The van der Waals surface area contributed by atoms with Crippen LogP contribution in [0.4, 0.5) is 5.69 Å². The standard InChI is InChI=1S/C17H16N2O2/c1-21-16-9-5-8-15(11-16)19-17(20)14(12-18)10-13-6-3-2-4-7-13/h2-9,11,14H,10H2,1H3,(H,19,20). The van der Waals surface area contributed by atoms with Crippen LogP contribution in [0, 0.1) is 17.2 Å². The number of anilines is 1. The predicted octanol–water partition coefficient (Wildman–Crippen LogP) is 3.02. The molecule has 0 aliphatic rings. The van der Waals surface area contributed by atoms with Gasteiger partial charge in [0.1, 0.15) is 11.7 Å². The zero-order chi connectivity index (χ0) is 15.1. The molecule has 0 aliphatic heterocycles. The first-order valence-electron chi connectivity index (χ1n) is 6.61. The third-order valence-corrected chi connectivity index (χ3v) is 3.09. The minimum absolute atomic E-state index is 0.311. The molecule has 1 N–H and O–H groups in total. The van der Waals surface area contributed by atoms with Crippen molar-refractivity contribution in [3.8, 4) is 11.8 Å². The molecule has 0 aromatic heterocycles. The Balaban J connectivity index is 2.05. The second-order valence-electron chi connectivity index (χ2n) is 4.59. The number of nitriles is 1. The van der Waals surface area contributed by atoms with Crippen LogP contribution in [-0.4, -0.2) is 13.0 Å². The van der Waals surface area contributed by atoms with E-state index in [9.17, 15) is 10.1 Å². The molecule has 2 rings (SSSR count). The summed E-state index contributed by atoms with van der Waals surface area (Å²) in [7, 11) is 1.56. The molecule has 0 fully saturated rings. The van der Waals surface area contributed by atoms with Gasteiger partial charge in [-0.2, -0.15) is 5.26 Å². The Morgan fingerprint density at radius 1 is 1.24 bits per heavy atom. The summed E-state index contributed by atoms with van der Waals surface area (Å²) in [5.41, 5.74) is 1.58. The molecular formula is C17H16N2O2. The number of rotatable bonds is 5. The highest BCUT2D eigenvalue weighted by atomic mass is 16.5. The summed E-state index contributed by atoms with van der Waals surface area (Å²) in [6.45, 7) is 0. The topological polar surface area (TPSA) is 62.1 Å². The van der Waals surface area contributed by atoms with E-state index in [4.69, 9.17) is 4.74 Å². The van der Waals surface area contributed by atoms with Crippen molar-refractivity contribution in [3.05, 3.63) is 60.2 Å². The quantitative estimate of drug-likeness (QED) is 0.915. The lowest BCUT2D eigenvalue weighted by atomic mass is 10.00. The number of carbonyl (C=O) groups excluding carboxylic acids is 1. The van der Waals surface area contributed by atoms with E-state index in [1.165, 1.54) is 0 Å². The van der Waals surface area contributed by atoms with Crippen LogP contribution in [0.5, 0.6) is 5.75 Å². The van der Waals surface area contributed by atoms with Gasteiger partial charge in [-0.1, -0.05) is 36.4 Å². The van der Waals surface area contributed by atoms with E-state index in [-0.39, 0.29) is 5.91 Å². The molecule has 0 bridgehead atoms. The number of amides is 1. The van der Waals surface area contributed by atoms with Crippen LogP contribution in [0.1, 0.15) is 5.56 Å². The van der Waals surface area contributed by atoms with E-state index in [0.717, 1.165) is 5.56 Å². The minimum Gasteiger partial charge on any atom is -0.497 e. The van der Waals surface area contributed by atoms with Crippen molar-refractivity contribution in [2.24, 2.45) is 5.92 Å². The van der Waals surface area contributed by atoms with Gasteiger partial charge in [-0.05, 0) is 24.1 Å². The number of nitrogens with one attached hydrogen (secondary N) is 1. The van der Waals surface area contributed by atoms with Crippen LogP contribution in [0.25, 0.3) is 0 Å². The molecule has 0 heterocycles. The molecule has 0 aliphatic carbocycles. The van der Waals surface area contributed by atoms with Crippen molar-refractivity contribution in [2.75, 3.05) is 12.4 Å². The molecule has 21 heavy (non-hydrogen) atoms. The van der Waals surface area contributed by atoms with E-state index in [0.29, 0.717) is 17.9 Å². The van der Waals surface area contributed by atoms with Crippen molar-refractivity contribution >= 4 is 11.6 Å². The maximum atomic E-state index is 12.2. The molecule has 106 valence electrons. The van der Waals surface area contributed by atoms with Crippen LogP contribution in [0.15, 0.2) is 54.6 Å². The van der Waals surface area contributed by atoms with Gasteiger partial charge in [0.2, 0.25) is 5.91 Å². The summed E-state index contributed by atoms with van der Waals surface area (Å²) in [6.07, 6.45) is 0.396. The summed E-state index contributed by atoms with van der Waals surface area (Å²) in [5, 5.41) is 11.9. The van der Waals surface area contributed by atoms with Gasteiger partial charge in [0, 0.05) is 11.8 Å². The highest BCUT2D eigenvalue weighted by Gasteiger charge is 2.18. The van der Waals surface area contributed by atoms with Crippen molar-refractivity contribution in [1.82, 2.24) is 0 Å². The molecule has 1 amide bonds. The first kappa shape index (κ1) is 14.6. The molecule has 0 saturated carbocycles. The minimum atomic E-state index is -0.724. The molecule has 4 nitrogen and oxygen atoms in total. The molecule has 0 saturated heterocycles. The Morgan fingerprint density at radius 3 is 2.67 bits per heavy atom. The number of nitrogens with zero attached hydrogens (tertiary/aromatic N) is 1. The van der Waals surface area contributed by atoms with Gasteiger partial charge in [0.15, 0.2) is 0 Å². The number of hydrogen-bond acceptors (Lipinski definition) is 3. The fourth-order valence-electron chi connectivity index (χ4n) is 1.98. The Bertz CT molecular complexity index is 647. The summed E-state index contributed by atoms with van der Waals surface area (Å²) < 4.78 is 5.10. The highest BCUT2D eigenvalue weighted by Crippen LogP contribution is 2.18. The van der Waals surface area contributed by atoms with Crippen LogP contribution >= 0.6 is 0 Å². The van der Waals surface area contributed by atoms with E-state index >= 15 is 0 Å². The van der Waals surface area contributed by atoms with E-state index in [2.05, 4.69) is 11.4 Å². The molecule has 1 atom stereocenters.